The van der Waals surface area contributed by atoms with Gasteiger partial charge in [0.2, 0.25) is 0 Å². The Morgan fingerprint density at radius 1 is 1.35 bits per heavy atom. The Hall–Kier alpha value is -1.61. The quantitative estimate of drug-likeness (QED) is 0.914. The van der Waals surface area contributed by atoms with E-state index in [0.29, 0.717) is 4.47 Å². The van der Waals surface area contributed by atoms with Gasteiger partial charge in [-0.05, 0) is 18.2 Å². The lowest BCUT2D eigenvalue weighted by atomic mass is 10.2. The molecule has 2 aromatic rings. The number of phenolic OH excluding ortho intramolecular Hbond substituents is 1. The number of benzene rings is 1. The van der Waals surface area contributed by atoms with Gasteiger partial charge >= 0.3 is 6.18 Å². The second-order valence-electron chi connectivity index (χ2n) is 3.79. The number of ether oxygens (including phenoxy) is 1. The van der Waals surface area contributed by atoms with Crippen molar-refractivity contribution in [2.45, 2.75) is 12.8 Å². The molecule has 0 spiro atoms. The van der Waals surface area contributed by atoms with Crippen molar-refractivity contribution in [2.24, 2.45) is 0 Å². The van der Waals surface area contributed by atoms with Crippen molar-refractivity contribution in [1.82, 2.24) is 10.1 Å². The van der Waals surface area contributed by atoms with E-state index < -0.39 is 19.4 Å². The summed E-state index contributed by atoms with van der Waals surface area (Å²) < 4.78 is 45.6. The van der Waals surface area contributed by atoms with Gasteiger partial charge in [-0.25, -0.2) is 0 Å². The molecule has 20 heavy (non-hydrogen) atoms. The average molecular weight is 353 g/mol. The third-order valence-corrected chi connectivity index (χ3v) is 2.65. The van der Waals surface area contributed by atoms with Crippen LogP contribution >= 0.6 is 15.9 Å². The standard InChI is InChI=1S/C11H8BrF3N2O3/c12-6-1-2-7(8(18)3-6)10-16-9(17-20-10)4-19-5-11(13,14)15/h1-3,18H,4-5H2. The van der Waals surface area contributed by atoms with E-state index in [1.807, 2.05) is 0 Å². The third kappa shape index (κ3) is 3.94. The van der Waals surface area contributed by atoms with E-state index in [0.717, 1.165) is 0 Å². The number of nitrogens with zero attached hydrogens (tertiary/aromatic N) is 2. The number of aromatic nitrogens is 2. The molecule has 0 fully saturated rings. The van der Waals surface area contributed by atoms with Gasteiger partial charge in [0.1, 0.15) is 19.0 Å². The Labute approximate surface area is 119 Å². The van der Waals surface area contributed by atoms with Gasteiger partial charge < -0.3 is 14.4 Å². The zero-order valence-electron chi connectivity index (χ0n) is 9.82. The summed E-state index contributed by atoms with van der Waals surface area (Å²) in [6.45, 7) is -1.82. The summed E-state index contributed by atoms with van der Waals surface area (Å²) in [4.78, 5) is 3.85. The van der Waals surface area contributed by atoms with Crippen molar-refractivity contribution in [3.63, 3.8) is 0 Å². The van der Waals surface area contributed by atoms with E-state index in [1.165, 1.54) is 12.1 Å². The molecule has 0 unspecified atom stereocenters. The summed E-state index contributed by atoms with van der Waals surface area (Å²) in [6, 6.07) is 4.62. The van der Waals surface area contributed by atoms with Crippen molar-refractivity contribution in [2.75, 3.05) is 6.61 Å². The molecule has 5 nitrogen and oxygen atoms in total. The summed E-state index contributed by atoms with van der Waals surface area (Å²) in [5.74, 6) is -0.127. The summed E-state index contributed by atoms with van der Waals surface area (Å²) in [7, 11) is 0. The smallest absolute Gasteiger partial charge is 0.411 e. The second kappa shape index (κ2) is 5.80. The Balaban J connectivity index is 2.05. The first kappa shape index (κ1) is 14.8. The van der Waals surface area contributed by atoms with E-state index in [4.69, 9.17) is 4.52 Å². The molecule has 0 bridgehead atoms. The molecule has 0 amide bonds. The summed E-state index contributed by atoms with van der Waals surface area (Å²) in [5, 5.41) is 13.2. The molecule has 0 saturated carbocycles. The van der Waals surface area contributed by atoms with Crippen molar-refractivity contribution < 1.29 is 27.5 Å². The molecular weight excluding hydrogens is 345 g/mol. The SMILES string of the molecule is Oc1cc(Br)ccc1-c1nc(COCC(F)(F)F)no1. The fraction of sp³-hybridized carbons (Fsp3) is 0.273. The largest absolute Gasteiger partial charge is 0.507 e. The van der Waals surface area contributed by atoms with Gasteiger partial charge in [0.05, 0.1) is 5.56 Å². The molecule has 1 N–H and O–H groups in total. The number of phenols is 1. The predicted molar refractivity (Wildman–Crippen MR) is 64.8 cm³/mol. The van der Waals surface area contributed by atoms with E-state index in [2.05, 4.69) is 30.8 Å². The number of rotatable bonds is 4. The van der Waals surface area contributed by atoms with Crippen LogP contribution in [0.5, 0.6) is 5.75 Å². The van der Waals surface area contributed by atoms with E-state index in [-0.39, 0.29) is 23.0 Å². The first-order valence-corrected chi connectivity index (χ1v) is 6.10. The molecule has 9 heteroatoms. The van der Waals surface area contributed by atoms with Gasteiger partial charge in [0.25, 0.3) is 5.89 Å². The zero-order valence-corrected chi connectivity index (χ0v) is 11.4. The second-order valence-corrected chi connectivity index (χ2v) is 4.70. The van der Waals surface area contributed by atoms with Crippen LogP contribution in [-0.2, 0) is 11.3 Å². The highest BCUT2D eigenvalue weighted by Gasteiger charge is 2.27. The maximum absolute atomic E-state index is 11.9. The first-order valence-electron chi connectivity index (χ1n) is 5.31. The van der Waals surface area contributed by atoms with Gasteiger partial charge in [0, 0.05) is 4.47 Å². The fourth-order valence-electron chi connectivity index (χ4n) is 1.37. The maximum atomic E-state index is 11.9. The number of hydrogen-bond acceptors (Lipinski definition) is 5. The van der Waals surface area contributed by atoms with Crippen molar-refractivity contribution >= 4 is 15.9 Å². The summed E-state index contributed by atoms with van der Waals surface area (Å²) >= 11 is 3.17. The molecular formula is C11H8BrF3N2O3. The maximum Gasteiger partial charge on any atom is 0.411 e. The van der Waals surface area contributed by atoms with Crippen LogP contribution < -0.4 is 0 Å². The molecule has 0 aliphatic carbocycles. The van der Waals surface area contributed by atoms with Gasteiger partial charge in [-0.3, -0.25) is 0 Å². The van der Waals surface area contributed by atoms with Crippen LogP contribution in [-0.4, -0.2) is 28.0 Å². The van der Waals surface area contributed by atoms with Gasteiger partial charge in [-0.15, -0.1) is 0 Å². The van der Waals surface area contributed by atoms with Crippen LogP contribution in [0.4, 0.5) is 13.2 Å². The van der Waals surface area contributed by atoms with Crippen LogP contribution in [0.2, 0.25) is 0 Å². The molecule has 0 saturated heterocycles. The van der Waals surface area contributed by atoms with Crippen LogP contribution in [0.3, 0.4) is 0 Å². The van der Waals surface area contributed by atoms with Crippen molar-refractivity contribution in [3.8, 4) is 17.2 Å². The Morgan fingerprint density at radius 2 is 2.10 bits per heavy atom. The lowest BCUT2D eigenvalue weighted by Gasteiger charge is -2.04. The lowest BCUT2D eigenvalue weighted by molar-refractivity contribution is -0.177. The number of alkyl halides is 3. The van der Waals surface area contributed by atoms with E-state index >= 15 is 0 Å². The summed E-state index contributed by atoms with van der Waals surface area (Å²) in [5.41, 5.74) is 0.280. The number of aromatic hydroxyl groups is 1. The van der Waals surface area contributed by atoms with Crippen molar-refractivity contribution in [3.05, 3.63) is 28.5 Å². The molecule has 1 aromatic heterocycles. The van der Waals surface area contributed by atoms with Gasteiger partial charge in [-0.1, -0.05) is 21.1 Å². The molecule has 1 heterocycles. The highest BCUT2D eigenvalue weighted by atomic mass is 79.9. The molecule has 2 rings (SSSR count). The minimum absolute atomic E-state index is 0.000564. The fourth-order valence-corrected chi connectivity index (χ4v) is 1.71. The third-order valence-electron chi connectivity index (χ3n) is 2.16. The van der Waals surface area contributed by atoms with Gasteiger partial charge in [0.15, 0.2) is 5.82 Å². The Bertz CT molecular complexity index is 601. The summed E-state index contributed by atoms with van der Waals surface area (Å²) in [6.07, 6.45) is -4.41. The topological polar surface area (TPSA) is 68.4 Å². The van der Waals surface area contributed by atoms with Crippen LogP contribution in [0.25, 0.3) is 11.5 Å². The minimum Gasteiger partial charge on any atom is -0.507 e. The van der Waals surface area contributed by atoms with Crippen LogP contribution in [0, 0.1) is 0 Å². The Kier molecular flexibility index (Phi) is 4.29. The lowest BCUT2D eigenvalue weighted by Crippen LogP contribution is -2.16. The number of hydrogen-bond donors (Lipinski definition) is 1. The van der Waals surface area contributed by atoms with E-state index in [1.54, 1.807) is 6.07 Å². The highest BCUT2D eigenvalue weighted by molar-refractivity contribution is 9.10. The van der Waals surface area contributed by atoms with E-state index in [9.17, 15) is 18.3 Å². The van der Waals surface area contributed by atoms with Gasteiger partial charge in [-0.2, -0.15) is 18.2 Å². The zero-order chi connectivity index (χ0) is 14.8. The Morgan fingerprint density at radius 3 is 2.75 bits per heavy atom. The number of halogens is 4. The first-order chi connectivity index (χ1) is 9.35. The molecule has 0 aliphatic heterocycles. The molecule has 0 radical (unpaired) electrons. The monoisotopic (exact) mass is 352 g/mol. The van der Waals surface area contributed by atoms with Crippen LogP contribution in [0.15, 0.2) is 27.2 Å². The van der Waals surface area contributed by atoms with Crippen molar-refractivity contribution in [1.29, 1.82) is 0 Å². The minimum atomic E-state index is -4.41. The average Bonchev–Trinajstić information content (AvgIpc) is 2.75. The normalized spacial score (nSPS) is 11.8. The molecule has 0 atom stereocenters. The molecule has 108 valence electrons. The molecule has 1 aromatic carbocycles. The highest BCUT2D eigenvalue weighted by Crippen LogP contribution is 2.30. The predicted octanol–water partition coefficient (Wildman–Crippen LogP) is 3.28. The molecule has 0 aliphatic rings. The van der Waals surface area contributed by atoms with Crippen LogP contribution in [0.1, 0.15) is 5.82 Å².